The third-order valence-electron chi connectivity index (χ3n) is 4.42. The van der Waals surface area contributed by atoms with Crippen molar-refractivity contribution in [2.24, 2.45) is 0 Å². The molecule has 0 spiro atoms. The van der Waals surface area contributed by atoms with E-state index in [0.717, 1.165) is 21.1 Å². The molecule has 1 aliphatic rings. The fourth-order valence-corrected chi connectivity index (χ4v) is 3.47. The fraction of sp³-hybridized carbons (Fsp3) is 0.450. The van der Waals surface area contributed by atoms with Gasteiger partial charge in [0.05, 0.1) is 12.6 Å². The highest BCUT2D eigenvalue weighted by molar-refractivity contribution is 9.10. The van der Waals surface area contributed by atoms with Crippen molar-refractivity contribution in [2.45, 2.75) is 26.4 Å². The number of carbonyl (C=O) groups is 2. The first-order valence-electron chi connectivity index (χ1n) is 9.09. The Morgan fingerprint density at radius 2 is 1.79 bits per heavy atom. The monoisotopic (exact) mass is 449 g/mol. The van der Waals surface area contributed by atoms with Gasteiger partial charge in [-0.15, -0.1) is 0 Å². The van der Waals surface area contributed by atoms with Crippen molar-refractivity contribution >= 4 is 44.6 Å². The van der Waals surface area contributed by atoms with Crippen LogP contribution in [0.4, 0.5) is 10.5 Å². The average molecular weight is 450 g/mol. The van der Waals surface area contributed by atoms with Crippen LogP contribution in [-0.4, -0.2) is 60.8 Å². The lowest BCUT2D eigenvalue weighted by Crippen LogP contribution is -2.50. The van der Waals surface area contributed by atoms with Gasteiger partial charge in [0, 0.05) is 41.7 Å². The molecule has 0 unspecified atom stereocenters. The normalized spacial score (nSPS) is 14.9. The van der Waals surface area contributed by atoms with E-state index in [1.54, 1.807) is 11.0 Å². The SMILES string of the molecule is COC(=O)c1cc(N2CCN(C(=O)OC(C)(C)C)CC2)c2cc(Br)ccc2n1. The van der Waals surface area contributed by atoms with Gasteiger partial charge in [-0.1, -0.05) is 15.9 Å². The number of anilines is 1. The minimum Gasteiger partial charge on any atom is -0.464 e. The maximum absolute atomic E-state index is 12.3. The summed E-state index contributed by atoms with van der Waals surface area (Å²) < 4.78 is 11.2. The van der Waals surface area contributed by atoms with Gasteiger partial charge in [0.25, 0.3) is 0 Å². The number of pyridine rings is 1. The Balaban J connectivity index is 1.86. The van der Waals surface area contributed by atoms with E-state index in [2.05, 4.69) is 25.8 Å². The van der Waals surface area contributed by atoms with Gasteiger partial charge in [-0.25, -0.2) is 14.6 Å². The van der Waals surface area contributed by atoms with Crippen LogP contribution in [0, 0.1) is 0 Å². The standard InChI is InChI=1S/C20H24BrN3O4/c1-20(2,3)28-19(26)24-9-7-23(8-10-24)17-12-16(18(25)27-4)22-15-6-5-13(21)11-14(15)17/h5-6,11-12H,7-10H2,1-4H3. The van der Waals surface area contributed by atoms with Crippen LogP contribution in [0.2, 0.25) is 0 Å². The number of rotatable bonds is 2. The molecule has 1 aromatic carbocycles. The van der Waals surface area contributed by atoms with Crippen molar-refractivity contribution in [1.82, 2.24) is 9.88 Å². The molecule has 2 aromatic rings. The summed E-state index contributed by atoms with van der Waals surface area (Å²) in [5.74, 6) is -0.474. The van der Waals surface area contributed by atoms with Crippen LogP contribution in [0.25, 0.3) is 10.9 Å². The first-order chi connectivity index (χ1) is 13.2. The van der Waals surface area contributed by atoms with Crippen LogP contribution in [0.3, 0.4) is 0 Å². The molecule has 0 atom stereocenters. The van der Waals surface area contributed by atoms with Gasteiger partial charge >= 0.3 is 12.1 Å². The topological polar surface area (TPSA) is 72.0 Å². The van der Waals surface area contributed by atoms with Gasteiger partial charge < -0.3 is 19.3 Å². The van der Waals surface area contributed by atoms with Crippen molar-refractivity contribution in [1.29, 1.82) is 0 Å². The summed E-state index contributed by atoms with van der Waals surface area (Å²) in [6.07, 6.45) is -0.301. The van der Waals surface area contributed by atoms with Gasteiger partial charge in [-0.3, -0.25) is 0 Å². The number of methoxy groups -OCH3 is 1. The molecule has 1 saturated heterocycles. The second-order valence-corrected chi connectivity index (χ2v) is 8.55. The Morgan fingerprint density at radius 1 is 1.11 bits per heavy atom. The second-order valence-electron chi connectivity index (χ2n) is 7.63. The summed E-state index contributed by atoms with van der Waals surface area (Å²) in [6, 6.07) is 7.50. The molecule has 0 aliphatic carbocycles. The molecule has 0 bridgehead atoms. The Bertz CT molecular complexity index is 902. The highest BCUT2D eigenvalue weighted by Gasteiger charge is 2.27. The third-order valence-corrected chi connectivity index (χ3v) is 4.91. The first kappa shape index (κ1) is 20.4. The Kier molecular flexibility index (Phi) is 5.79. The number of ether oxygens (including phenoxy) is 2. The predicted molar refractivity (Wildman–Crippen MR) is 111 cm³/mol. The lowest BCUT2D eigenvalue weighted by Gasteiger charge is -2.37. The minimum atomic E-state index is -0.517. The lowest BCUT2D eigenvalue weighted by molar-refractivity contribution is 0.0240. The number of esters is 1. The molecular formula is C20H24BrN3O4. The summed E-state index contributed by atoms with van der Waals surface area (Å²) in [4.78, 5) is 32.6. The van der Waals surface area contributed by atoms with Crippen molar-refractivity contribution in [3.8, 4) is 0 Å². The Hall–Kier alpha value is -2.35. The molecule has 8 heteroatoms. The maximum atomic E-state index is 12.3. The number of aromatic nitrogens is 1. The number of amides is 1. The molecule has 0 N–H and O–H groups in total. The van der Waals surface area contributed by atoms with E-state index < -0.39 is 11.6 Å². The highest BCUT2D eigenvalue weighted by atomic mass is 79.9. The second kappa shape index (κ2) is 7.95. The number of halogens is 1. The fourth-order valence-electron chi connectivity index (χ4n) is 3.11. The van der Waals surface area contributed by atoms with Crippen molar-refractivity contribution < 1.29 is 19.1 Å². The van der Waals surface area contributed by atoms with Gasteiger partial charge in [-0.2, -0.15) is 0 Å². The van der Waals surface area contributed by atoms with Gasteiger partial charge in [-0.05, 0) is 45.0 Å². The van der Waals surface area contributed by atoms with Crippen LogP contribution in [0.15, 0.2) is 28.7 Å². The quantitative estimate of drug-likeness (QED) is 0.648. The smallest absolute Gasteiger partial charge is 0.410 e. The molecule has 1 aliphatic heterocycles. The van der Waals surface area contributed by atoms with E-state index in [4.69, 9.17) is 9.47 Å². The number of benzene rings is 1. The summed E-state index contributed by atoms with van der Waals surface area (Å²) in [7, 11) is 1.34. The van der Waals surface area contributed by atoms with Gasteiger partial charge in [0.1, 0.15) is 5.60 Å². The number of carbonyl (C=O) groups excluding carboxylic acids is 2. The van der Waals surface area contributed by atoms with E-state index in [1.807, 2.05) is 39.0 Å². The van der Waals surface area contributed by atoms with Crippen LogP contribution in [-0.2, 0) is 9.47 Å². The zero-order chi connectivity index (χ0) is 20.5. The van der Waals surface area contributed by atoms with Crippen molar-refractivity contribution in [3.05, 3.63) is 34.4 Å². The highest BCUT2D eigenvalue weighted by Crippen LogP contribution is 2.30. The van der Waals surface area contributed by atoms with E-state index in [0.29, 0.717) is 26.2 Å². The zero-order valence-corrected chi connectivity index (χ0v) is 18.1. The molecule has 0 saturated carbocycles. The maximum Gasteiger partial charge on any atom is 0.410 e. The number of hydrogen-bond donors (Lipinski definition) is 0. The van der Waals surface area contributed by atoms with Crippen LogP contribution < -0.4 is 4.90 Å². The lowest BCUT2D eigenvalue weighted by atomic mass is 10.1. The predicted octanol–water partition coefficient (Wildman–Crippen LogP) is 3.84. The van der Waals surface area contributed by atoms with Crippen LogP contribution in [0.5, 0.6) is 0 Å². The van der Waals surface area contributed by atoms with Crippen molar-refractivity contribution in [3.63, 3.8) is 0 Å². The summed E-state index contributed by atoms with van der Waals surface area (Å²) in [6.45, 7) is 7.92. The van der Waals surface area contributed by atoms with E-state index in [1.165, 1.54) is 7.11 Å². The van der Waals surface area contributed by atoms with E-state index >= 15 is 0 Å². The number of hydrogen-bond acceptors (Lipinski definition) is 6. The number of piperazine rings is 1. The number of fused-ring (bicyclic) bond motifs is 1. The summed E-state index contributed by atoms with van der Waals surface area (Å²) >= 11 is 3.50. The molecule has 1 fully saturated rings. The number of nitrogens with zero attached hydrogens (tertiary/aromatic N) is 3. The molecule has 0 radical (unpaired) electrons. The molecule has 1 aromatic heterocycles. The van der Waals surface area contributed by atoms with Crippen LogP contribution >= 0.6 is 15.9 Å². The van der Waals surface area contributed by atoms with Gasteiger partial charge in [0.15, 0.2) is 5.69 Å². The molecule has 150 valence electrons. The van der Waals surface area contributed by atoms with Crippen molar-refractivity contribution in [2.75, 3.05) is 38.2 Å². The molecule has 28 heavy (non-hydrogen) atoms. The average Bonchev–Trinajstić information content (AvgIpc) is 2.65. The molecule has 2 heterocycles. The van der Waals surface area contributed by atoms with Gasteiger partial charge in [0.2, 0.25) is 0 Å². The largest absolute Gasteiger partial charge is 0.464 e. The van der Waals surface area contributed by atoms with E-state index in [-0.39, 0.29) is 11.8 Å². The first-order valence-corrected chi connectivity index (χ1v) is 9.89. The molecule has 7 nitrogen and oxygen atoms in total. The molecule has 1 amide bonds. The third kappa shape index (κ3) is 4.55. The minimum absolute atomic E-state index is 0.266. The Morgan fingerprint density at radius 3 is 2.39 bits per heavy atom. The molecular weight excluding hydrogens is 426 g/mol. The van der Waals surface area contributed by atoms with E-state index in [9.17, 15) is 9.59 Å². The zero-order valence-electron chi connectivity index (χ0n) is 16.5. The summed E-state index contributed by atoms with van der Waals surface area (Å²) in [5, 5.41) is 0.938. The molecule has 3 rings (SSSR count). The Labute approximate surface area is 172 Å². The van der Waals surface area contributed by atoms with Crippen LogP contribution in [0.1, 0.15) is 31.3 Å². The summed E-state index contributed by atoms with van der Waals surface area (Å²) in [5.41, 5.74) is 1.37.